The van der Waals surface area contributed by atoms with Crippen LogP contribution in [0.4, 0.5) is 10.1 Å². The summed E-state index contributed by atoms with van der Waals surface area (Å²) in [5, 5.41) is 3.35. The standard InChI is InChI=1S/C18H22FN/c1-4-5-15-6-8-16(9-7-15)14(3)20-18-11-13(2)10-17(19)12-18/h6-12,14,20H,4-5H2,1-3H3. The van der Waals surface area contributed by atoms with Crippen molar-refractivity contribution in [2.45, 2.75) is 39.7 Å². The van der Waals surface area contributed by atoms with Gasteiger partial charge in [-0.2, -0.15) is 0 Å². The normalized spacial score (nSPS) is 12.2. The van der Waals surface area contributed by atoms with Gasteiger partial charge in [0, 0.05) is 11.7 Å². The molecule has 0 radical (unpaired) electrons. The maximum atomic E-state index is 13.4. The number of anilines is 1. The van der Waals surface area contributed by atoms with Crippen LogP contribution in [0.1, 0.15) is 43.0 Å². The summed E-state index contributed by atoms with van der Waals surface area (Å²) in [6.07, 6.45) is 2.28. The molecule has 1 atom stereocenters. The molecule has 0 heterocycles. The van der Waals surface area contributed by atoms with E-state index >= 15 is 0 Å². The maximum absolute atomic E-state index is 13.4. The van der Waals surface area contributed by atoms with Gasteiger partial charge in [0.15, 0.2) is 0 Å². The van der Waals surface area contributed by atoms with Crippen LogP contribution >= 0.6 is 0 Å². The van der Waals surface area contributed by atoms with Gasteiger partial charge >= 0.3 is 0 Å². The number of rotatable bonds is 5. The van der Waals surface area contributed by atoms with Gasteiger partial charge < -0.3 is 5.32 Å². The van der Waals surface area contributed by atoms with Crippen LogP contribution in [0.2, 0.25) is 0 Å². The summed E-state index contributed by atoms with van der Waals surface area (Å²) in [4.78, 5) is 0. The average molecular weight is 271 g/mol. The molecule has 0 aliphatic rings. The molecule has 2 aromatic rings. The zero-order valence-electron chi connectivity index (χ0n) is 12.4. The molecule has 0 aliphatic heterocycles. The predicted octanol–water partition coefficient (Wildman–Crippen LogP) is 5.26. The number of hydrogen-bond acceptors (Lipinski definition) is 1. The third kappa shape index (κ3) is 3.83. The highest BCUT2D eigenvalue weighted by Crippen LogP contribution is 2.21. The largest absolute Gasteiger partial charge is 0.378 e. The van der Waals surface area contributed by atoms with Gasteiger partial charge in [0.05, 0.1) is 0 Å². The minimum Gasteiger partial charge on any atom is -0.378 e. The summed E-state index contributed by atoms with van der Waals surface area (Å²) in [6.45, 7) is 6.18. The van der Waals surface area contributed by atoms with Crippen molar-refractivity contribution in [1.29, 1.82) is 0 Å². The van der Waals surface area contributed by atoms with Gasteiger partial charge in [-0.25, -0.2) is 4.39 Å². The fourth-order valence-electron chi connectivity index (χ4n) is 2.41. The Labute approximate surface area is 120 Å². The molecule has 2 rings (SSSR count). The van der Waals surface area contributed by atoms with Crippen LogP contribution in [0.5, 0.6) is 0 Å². The van der Waals surface area contributed by atoms with Crippen molar-refractivity contribution in [3.8, 4) is 0 Å². The Hall–Kier alpha value is -1.83. The second-order valence-electron chi connectivity index (χ2n) is 5.37. The first kappa shape index (κ1) is 14.6. The van der Waals surface area contributed by atoms with Crippen molar-refractivity contribution in [1.82, 2.24) is 0 Å². The minimum absolute atomic E-state index is 0.159. The summed E-state index contributed by atoms with van der Waals surface area (Å²) in [5.41, 5.74) is 4.34. The van der Waals surface area contributed by atoms with E-state index in [1.165, 1.54) is 23.3 Å². The number of aryl methyl sites for hydroxylation is 2. The fraction of sp³-hybridized carbons (Fsp3) is 0.333. The Morgan fingerprint density at radius 3 is 2.40 bits per heavy atom. The molecule has 20 heavy (non-hydrogen) atoms. The third-order valence-electron chi connectivity index (χ3n) is 3.44. The van der Waals surface area contributed by atoms with Gasteiger partial charge in [-0.1, -0.05) is 37.6 Å². The van der Waals surface area contributed by atoms with Crippen LogP contribution in [0.25, 0.3) is 0 Å². The molecular formula is C18H22FN. The van der Waals surface area contributed by atoms with E-state index in [1.807, 2.05) is 13.0 Å². The van der Waals surface area contributed by atoms with E-state index in [1.54, 1.807) is 0 Å². The molecule has 0 aromatic heterocycles. The van der Waals surface area contributed by atoms with Gasteiger partial charge in [0.25, 0.3) is 0 Å². The lowest BCUT2D eigenvalue weighted by Crippen LogP contribution is -2.07. The van der Waals surface area contributed by atoms with Crippen molar-refractivity contribution in [2.75, 3.05) is 5.32 Å². The van der Waals surface area contributed by atoms with E-state index < -0.39 is 0 Å². The summed E-state index contributed by atoms with van der Waals surface area (Å²) in [7, 11) is 0. The first-order valence-corrected chi connectivity index (χ1v) is 7.21. The van der Waals surface area contributed by atoms with Crippen molar-refractivity contribution < 1.29 is 4.39 Å². The van der Waals surface area contributed by atoms with Crippen LogP contribution < -0.4 is 5.32 Å². The van der Waals surface area contributed by atoms with E-state index in [9.17, 15) is 4.39 Å². The minimum atomic E-state index is -0.196. The quantitative estimate of drug-likeness (QED) is 0.782. The van der Waals surface area contributed by atoms with Crippen LogP contribution in [0.15, 0.2) is 42.5 Å². The highest BCUT2D eigenvalue weighted by molar-refractivity contribution is 5.48. The Balaban J connectivity index is 2.08. The number of halogens is 1. The summed E-state index contributed by atoms with van der Waals surface area (Å²) in [5.74, 6) is -0.196. The highest BCUT2D eigenvalue weighted by atomic mass is 19.1. The lowest BCUT2D eigenvalue weighted by Gasteiger charge is -2.16. The van der Waals surface area contributed by atoms with E-state index in [0.29, 0.717) is 0 Å². The first-order valence-electron chi connectivity index (χ1n) is 7.21. The molecule has 106 valence electrons. The smallest absolute Gasteiger partial charge is 0.125 e. The molecule has 0 saturated carbocycles. The summed E-state index contributed by atoms with van der Waals surface area (Å²) >= 11 is 0. The number of benzene rings is 2. The zero-order chi connectivity index (χ0) is 14.5. The van der Waals surface area contributed by atoms with Gasteiger partial charge in [-0.3, -0.25) is 0 Å². The second kappa shape index (κ2) is 6.56. The van der Waals surface area contributed by atoms with E-state index in [0.717, 1.165) is 24.1 Å². The number of nitrogens with one attached hydrogen (secondary N) is 1. The topological polar surface area (TPSA) is 12.0 Å². The van der Waals surface area contributed by atoms with Crippen LogP contribution in [-0.4, -0.2) is 0 Å². The van der Waals surface area contributed by atoms with E-state index in [4.69, 9.17) is 0 Å². The lowest BCUT2D eigenvalue weighted by atomic mass is 10.0. The summed E-state index contributed by atoms with van der Waals surface area (Å²) < 4.78 is 13.4. The van der Waals surface area contributed by atoms with Crippen LogP contribution in [-0.2, 0) is 6.42 Å². The molecule has 1 N–H and O–H groups in total. The van der Waals surface area contributed by atoms with Crippen molar-refractivity contribution in [2.24, 2.45) is 0 Å². The second-order valence-corrected chi connectivity index (χ2v) is 5.37. The van der Waals surface area contributed by atoms with Gasteiger partial charge in [-0.15, -0.1) is 0 Å². The van der Waals surface area contributed by atoms with Crippen molar-refractivity contribution >= 4 is 5.69 Å². The monoisotopic (exact) mass is 271 g/mol. The molecule has 1 unspecified atom stereocenters. The Morgan fingerprint density at radius 2 is 1.80 bits per heavy atom. The van der Waals surface area contributed by atoms with E-state index in [2.05, 4.69) is 43.4 Å². The molecule has 0 amide bonds. The Morgan fingerprint density at radius 1 is 1.10 bits per heavy atom. The molecule has 1 nitrogen and oxygen atoms in total. The molecule has 0 aliphatic carbocycles. The zero-order valence-corrected chi connectivity index (χ0v) is 12.4. The molecule has 0 bridgehead atoms. The van der Waals surface area contributed by atoms with Crippen LogP contribution in [0.3, 0.4) is 0 Å². The Kier molecular flexibility index (Phi) is 4.78. The SMILES string of the molecule is CCCc1ccc(C(C)Nc2cc(C)cc(F)c2)cc1. The fourth-order valence-corrected chi connectivity index (χ4v) is 2.41. The predicted molar refractivity (Wildman–Crippen MR) is 83.6 cm³/mol. The third-order valence-corrected chi connectivity index (χ3v) is 3.44. The summed E-state index contributed by atoms with van der Waals surface area (Å²) in [6, 6.07) is 13.8. The molecule has 0 saturated heterocycles. The van der Waals surface area contributed by atoms with E-state index in [-0.39, 0.29) is 11.9 Å². The highest BCUT2D eigenvalue weighted by Gasteiger charge is 2.06. The molecule has 2 aromatic carbocycles. The van der Waals surface area contributed by atoms with Crippen molar-refractivity contribution in [3.63, 3.8) is 0 Å². The van der Waals surface area contributed by atoms with Crippen molar-refractivity contribution in [3.05, 3.63) is 65.0 Å². The molecule has 2 heteroatoms. The van der Waals surface area contributed by atoms with Gasteiger partial charge in [0.2, 0.25) is 0 Å². The number of hydrogen-bond donors (Lipinski definition) is 1. The molecule has 0 fully saturated rings. The Bertz CT molecular complexity index is 540. The maximum Gasteiger partial charge on any atom is 0.125 e. The van der Waals surface area contributed by atoms with Gasteiger partial charge in [0.1, 0.15) is 5.82 Å². The van der Waals surface area contributed by atoms with Gasteiger partial charge in [-0.05, 0) is 55.2 Å². The average Bonchev–Trinajstić information content (AvgIpc) is 2.38. The molecular weight excluding hydrogens is 249 g/mol. The first-order chi connectivity index (χ1) is 9.58. The van der Waals surface area contributed by atoms with Crippen LogP contribution in [0, 0.1) is 12.7 Å². The molecule has 0 spiro atoms. The lowest BCUT2D eigenvalue weighted by molar-refractivity contribution is 0.626.